The van der Waals surface area contributed by atoms with Crippen molar-refractivity contribution >= 4 is 17.3 Å². The molecule has 0 unspecified atom stereocenters. The maximum absolute atomic E-state index is 5.78. The first kappa shape index (κ1) is 20.8. The van der Waals surface area contributed by atoms with Gasteiger partial charge in [0.15, 0.2) is 5.11 Å². The number of hydrogen-bond acceptors (Lipinski definition) is 4. The highest BCUT2D eigenvalue weighted by molar-refractivity contribution is 7.80. The number of nitrogens with one attached hydrogen (secondary N) is 1. The second-order valence-electron chi connectivity index (χ2n) is 7.39. The Morgan fingerprint density at radius 3 is 2.54 bits per heavy atom. The minimum atomic E-state index is 0.691. The number of morpholine rings is 1. The van der Waals surface area contributed by atoms with Crippen LogP contribution in [0.3, 0.4) is 0 Å². The zero-order valence-corrected chi connectivity index (χ0v) is 17.8. The fourth-order valence-corrected chi connectivity index (χ4v) is 3.54. The lowest BCUT2D eigenvalue weighted by atomic mass is 10.1. The van der Waals surface area contributed by atoms with E-state index in [-0.39, 0.29) is 0 Å². The number of benzene rings is 1. The van der Waals surface area contributed by atoms with Crippen molar-refractivity contribution < 1.29 is 9.15 Å². The molecule has 1 aromatic carbocycles. The normalized spacial score (nSPS) is 14.8. The monoisotopic (exact) mass is 401 g/mol. The van der Waals surface area contributed by atoms with Crippen LogP contribution in [-0.2, 0) is 17.8 Å². The summed E-state index contributed by atoms with van der Waals surface area (Å²) >= 11 is 5.72. The lowest BCUT2D eigenvalue weighted by molar-refractivity contribution is 0.0367. The molecule has 1 N–H and O–H groups in total. The number of rotatable bonds is 8. The van der Waals surface area contributed by atoms with E-state index < -0.39 is 0 Å². The largest absolute Gasteiger partial charge is 0.464 e. The van der Waals surface area contributed by atoms with E-state index in [9.17, 15) is 0 Å². The minimum absolute atomic E-state index is 0.691. The van der Waals surface area contributed by atoms with Gasteiger partial charge in [0, 0.05) is 32.7 Å². The third-order valence-corrected chi connectivity index (χ3v) is 5.40. The van der Waals surface area contributed by atoms with Gasteiger partial charge in [-0.3, -0.25) is 4.90 Å². The summed E-state index contributed by atoms with van der Waals surface area (Å²) in [5.74, 6) is 1.88. The van der Waals surface area contributed by atoms with E-state index in [0.717, 1.165) is 69.0 Å². The van der Waals surface area contributed by atoms with Gasteiger partial charge >= 0.3 is 0 Å². The summed E-state index contributed by atoms with van der Waals surface area (Å²) in [6, 6.07) is 12.6. The summed E-state index contributed by atoms with van der Waals surface area (Å²) in [6.45, 7) is 11.2. The molecule has 1 aliphatic rings. The van der Waals surface area contributed by atoms with E-state index in [1.807, 2.05) is 19.1 Å². The summed E-state index contributed by atoms with van der Waals surface area (Å²) in [6.07, 6.45) is 1.06. The van der Waals surface area contributed by atoms with Crippen molar-refractivity contribution in [3.05, 3.63) is 59.0 Å². The molecule has 152 valence electrons. The Labute approximate surface area is 173 Å². The highest BCUT2D eigenvalue weighted by Crippen LogP contribution is 2.11. The molecular weight excluding hydrogens is 370 g/mol. The van der Waals surface area contributed by atoms with Gasteiger partial charge in [-0.2, -0.15) is 0 Å². The first-order valence-electron chi connectivity index (χ1n) is 10.0. The maximum atomic E-state index is 5.78. The van der Waals surface area contributed by atoms with Gasteiger partial charge in [0.25, 0.3) is 0 Å². The van der Waals surface area contributed by atoms with Crippen LogP contribution in [0.25, 0.3) is 0 Å². The second kappa shape index (κ2) is 10.6. The first-order valence-corrected chi connectivity index (χ1v) is 10.4. The molecule has 6 heteroatoms. The van der Waals surface area contributed by atoms with Gasteiger partial charge in [0.1, 0.15) is 11.5 Å². The summed E-state index contributed by atoms with van der Waals surface area (Å²) < 4.78 is 11.2. The van der Waals surface area contributed by atoms with Crippen molar-refractivity contribution in [2.75, 3.05) is 39.4 Å². The van der Waals surface area contributed by atoms with E-state index >= 15 is 0 Å². The number of ether oxygens (including phenoxy) is 1. The zero-order valence-electron chi connectivity index (χ0n) is 16.9. The first-order chi connectivity index (χ1) is 13.6. The third-order valence-electron chi connectivity index (χ3n) is 5.00. The quantitative estimate of drug-likeness (QED) is 0.683. The Kier molecular flexibility index (Phi) is 7.89. The van der Waals surface area contributed by atoms with E-state index in [1.54, 1.807) is 0 Å². The molecule has 2 heterocycles. The Balaban J connectivity index is 1.54. The lowest BCUT2D eigenvalue weighted by Gasteiger charge is -2.29. The number of hydrogen-bond donors (Lipinski definition) is 1. The molecule has 1 aromatic heterocycles. The van der Waals surface area contributed by atoms with E-state index in [2.05, 4.69) is 46.3 Å². The Bertz CT molecular complexity index is 738. The number of furan rings is 1. The van der Waals surface area contributed by atoms with Crippen molar-refractivity contribution in [3.8, 4) is 0 Å². The van der Waals surface area contributed by atoms with Crippen LogP contribution in [0.4, 0.5) is 0 Å². The van der Waals surface area contributed by atoms with Crippen molar-refractivity contribution in [2.45, 2.75) is 33.4 Å². The highest BCUT2D eigenvalue weighted by Gasteiger charge is 2.15. The molecule has 0 bridgehead atoms. The predicted molar refractivity (Wildman–Crippen MR) is 116 cm³/mol. The van der Waals surface area contributed by atoms with Gasteiger partial charge < -0.3 is 19.4 Å². The molecule has 0 radical (unpaired) electrons. The van der Waals surface area contributed by atoms with Gasteiger partial charge in [-0.25, -0.2) is 0 Å². The molecule has 1 saturated heterocycles. The van der Waals surface area contributed by atoms with E-state index in [0.29, 0.717) is 6.54 Å². The SMILES string of the molecule is Cc1ccc(CNC(=S)N(CCCN2CCOCC2)Cc2ccc(C)o2)cc1. The Morgan fingerprint density at radius 2 is 1.86 bits per heavy atom. The van der Waals surface area contributed by atoms with Crippen LogP contribution < -0.4 is 5.32 Å². The summed E-state index contributed by atoms with van der Waals surface area (Å²) in [5.41, 5.74) is 2.50. The van der Waals surface area contributed by atoms with Gasteiger partial charge in [0.2, 0.25) is 0 Å². The molecule has 1 fully saturated rings. The van der Waals surface area contributed by atoms with Gasteiger partial charge in [-0.1, -0.05) is 29.8 Å². The number of aryl methyl sites for hydroxylation is 2. The van der Waals surface area contributed by atoms with Crippen molar-refractivity contribution in [1.82, 2.24) is 15.1 Å². The summed E-state index contributed by atoms with van der Waals surface area (Å²) in [7, 11) is 0. The standard InChI is InChI=1S/C22H31N3O2S/c1-18-4-7-20(8-5-18)16-23-22(28)25(17-21-9-6-19(2)27-21)11-3-10-24-12-14-26-15-13-24/h4-9H,3,10-17H2,1-2H3,(H,23,28). The second-order valence-corrected chi connectivity index (χ2v) is 7.77. The van der Waals surface area contributed by atoms with Crippen LogP contribution in [0.1, 0.15) is 29.1 Å². The topological polar surface area (TPSA) is 40.9 Å². The summed E-state index contributed by atoms with van der Waals surface area (Å²) in [4.78, 5) is 4.67. The third kappa shape index (κ3) is 6.62. The molecule has 28 heavy (non-hydrogen) atoms. The molecule has 2 aromatic rings. The van der Waals surface area contributed by atoms with Crippen molar-refractivity contribution in [3.63, 3.8) is 0 Å². The van der Waals surface area contributed by atoms with Gasteiger partial charge in [-0.15, -0.1) is 0 Å². The molecule has 0 spiro atoms. The molecule has 5 nitrogen and oxygen atoms in total. The van der Waals surface area contributed by atoms with Crippen LogP contribution in [0.5, 0.6) is 0 Å². The summed E-state index contributed by atoms with van der Waals surface area (Å²) in [5, 5.41) is 4.19. The van der Waals surface area contributed by atoms with Gasteiger partial charge in [0.05, 0.1) is 19.8 Å². The van der Waals surface area contributed by atoms with E-state index in [4.69, 9.17) is 21.4 Å². The molecular formula is C22H31N3O2S. The maximum Gasteiger partial charge on any atom is 0.169 e. The minimum Gasteiger partial charge on any atom is -0.464 e. The average Bonchev–Trinajstić information content (AvgIpc) is 3.12. The molecule has 0 amide bonds. The molecule has 1 aliphatic heterocycles. The van der Waals surface area contributed by atoms with Gasteiger partial charge in [-0.05, 0) is 50.2 Å². The fourth-order valence-electron chi connectivity index (χ4n) is 3.32. The lowest BCUT2D eigenvalue weighted by Crippen LogP contribution is -2.41. The number of thiocarbonyl (C=S) groups is 1. The molecule has 0 saturated carbocycles. The Hall–Kier alpha value is -1.89. The van der Waals surface area contributed by atoms with Crippen LogP contribution in [0, 0.1) is 13.8 Å². The molecule has 3 rings (SSSR count). The fraction of sp³-hybridized carbons (Fsp3) is 0.500. The van der Waals surface area contributed by atoms with Crippen LogP contribution in [0.15, 0.2) is 40.8 Å². The van der Waals surface area contributed by atoms with Crippen molar-refractivity contribution in [1.29, 1.82) is 0 Å². The van der Waals surface area contributed by atoms with E-state index in [1.165, 1.54) is 11.1 Å². The molecule has 0 atom stereocenters. The van der Waals surface area contributed by atoms with Crippen LogP contribution in [-0.4, -0.2) is 54.3 Å². The Morgan fingerprint density at radius 1 is 1.11 bits per heavy atom. The van der Waals surface area contributed by atoms with Crippen LogP contribution in [0.2, 0.25) is 0 Å². The van der Waals surface area contributed by atoms with Crippen LogP contribution >= 0.6 is 12.2 Å². The predicted octanol–water partition coefficient (Wildman–Crippen LogP) is 3.50. The smallest absolute Gasteiger partial charge is 0.169 e. The van der Waals surface area contributed by atoms with Crippen molar-refractivity contribution in [2.24, 2.45) is 0 Å². The zero-order chi connectivity index (χ0) is 19.8. The average molecular weight is 402 g/mol. The molecule has 0 aliphatic carbocycles. The highest BCUT2D eigenvalue weighted by atomic mass is 32.1. The number of nitrogens with zero attached hydrogens (tertiary/aromatic N) is 2.